The first-order chi connectivity index (χ1) is 11.3. The summed E-state index contributed by atoms with van der Waals surface area (Å²) in [7, 11) is 0. The Morgan fingerprint density at radius 3 is 2.74 bits per heavy atom. The summed E-state index contributed by atoms with van der Waals surface area (Å²) in [6.45, 7) is 3.18. The number of nitrogens with zero attached hydrogens (tertiary/aromatic N) is 3. The summed E-state index contributed by atoms with van der Waals surface area (Å²) in [5, 5.41) is 0. The van der Waals surface area contributed by atoms with Gasteiger partial charge >= 0.3 is 0 Å². The molecule has 23 heavy (non-hydrogen) atoms. The Morgan fingerprint density at radius 2 is 1.96 bits per heavy atom. The summed E-state index contributed by atoms with van der Waals surface area (Å²) in [4.78, 5) is 18.6. The molecule has 0 fully saturated rings. The van der Waals surface area contributed by atoms with Crippen LogP contribution in [0.1, 0.15) is 18.2 Å². The molecule has 0 aliphatic carbocycles. The smallest absolute Gasteiger partial charge is 0.246 e. The van der Waals surface area contributed by atoms with E-state index in [9.17, 15) is 4.79 Å². The quantitative estimate of drug-likeness (QED) is 0.678. The number of rotatable bonds is 5. The summed E-state index contributed by atoms with van der Waals surface area (Å²) in [5.41, 5.74) is 2.92. The van der Waals surface area contributed by atoms with Gasteiger partial charge in [-0.25, -0.2) is 4.98 Å². The molecule has 0 saturated heterocycles. The molecule has 2 heterocycles. The summed E-state index contributed by atoms with van der Waals surface area (Å²) in [6.07, 6.45) is 7.27. The number of fused-ring (bicyclic) bond motifs is 1. The van der Waals surface area contributed by atoms with Crippen LogP contribution in [0.2, 0.25) is 0 Å². The van der Waals surface area contributed by atoms with Gasteiger partial charge < -0.3 is 9.30 Å². The Bertz CT molecular complexity index is 821. The monoisotopic (exact) mass is 305 g/mol. The van der Waals surface area contributed by atoms with Crippen LogP contribution < -0.4 is 0 Å². The minimum atomic E-state index is 0.00207. The minimum Gasteiger partial charge on any atom is -0.334 e. The molecule has 3 rings (SSSR count). The maximum absolute atomic E-state index is 12.4. The lowest BCUT2D eigenvalue weighted by atomic mass is 10.2. The van der Waals surface area contributed by atoms with Crippen molar-refractivity contribution in [3.63, 3.8) is 0 Å². The van der Waals surface area contributed by atoms with E-state index in [1.165, 1.54) is 0 Å². The first kappa shape index (κ1) is 15.0. The Morgan fingerprint density at radius 1 is 1.17 bits per heavy atom. The number of imidazole rings is 1. The number of aromatic nitrogens is 2. The average molecular weight is 305 g/mol. The molecule has 2 aromatic heterocycles. The van der Waals surface area contributed by atoms with E-state index < -0.39 is 0 Å². The highest BCUT2D eigenvalue weighted by Gasteiger charge is 2.12. The molecule has 3 aromatic rings. The molecule has 0 aliphatic heterocycles. The molecule has 0 atom stereocenters. The number of benzene rings is 1. The summed E-state index contributed by atoms with van der Waals surface area (Å²) in [6, 6.07) is 15.7. The van der Waals surface area contributed by atoms with Gasteiger partial charge in [0.1, 0.15) is 5.65 Å². The van der Waals surface area contributed by atoms with Crippen LogP contribution in [-0.4, -0.2) is 26.7 Å². The van der Waals surface area contributed by atoms with E-state index in [2.05, 4.69) is 4.98 Å². The van der Waals surface area contributed by atoms with Gasteiger partial charge in [-0.15, -0.1) is 0 Å². The van der Waals surface area contributed by atoms with Crippen molar-refractivity contribution in [1.29, 1.82) is 0 Å². The molecule has 0 unspecified atom stereocenters. The highest BCUT2D eigenvalue weighted by Crippen LogP contribution is 2.10. The number of carbonyl (C=O) groups is 1. The van der Waals surface area contributed by atoms with E-state index >= 15 is 0 Å². The Kier molecular flexibility index (Phi) is 4.52. The first-order valence-electron chi connectivity index (χ1n) is 7.71. The molecule has 1 amide bonds. The topological polar surface area (TPSA) is 37.6 Å². The third-order valence-electron chi connectivity index (χ3n) is 3.76. The summed E-state index contributed by atoms with van der Waals surface area (Å²) >= 11 is 0. The summed E-state index contributed by atoms with van der Waals surface area (Å²) in [5.74, 6) is 0.00207. The van der Waals surface area contributed by atoms with Crippen LogP contribution in [0.3, 0.4) is 0 Å². The fourth-order valence-corrected chi connectivity index (χ4v) is 2.48. The predicted molar refractivity (Wildman–Crippen MR) is 91.8 cm³/mol. The van der Waals surface area contributed by atoms with Crippen molar-refractivity contribution in [2.75, 3.05) is 6.54 Å². The lowest BCUT2D eigenvalue weighted by molar-refractivity contribution is -0.126. The molecule has 0 N–H and O–H groups in total. The zero-order valence-corrected chi connectivity index (χ0v) is 13.1. The summed E-state index contributed by atoms with van der Waals surface area (Å²) < 4.78 is 2.01. The Hall–Kier alpha value is -2.88. The van der Waals surface area contributed by atoms with Crippen molar-refractivity contribution >= 4 is 17.6 Å². The van der Waals surface area contributed by atoms with Crippen LogP contribution in [-0.2, 0) is 11.3 Å². The van der Waals surface area contributed by atoms with Crippen molar-refractivity contribution in [3.8, 4) is 0 Å². The van der Waals surface area contributed by atoms with Crippen LogP contribution in [0.5, 0.6) is 0 Å². The number of hydrogen-bond donors (Lipinski definition) is 0. The number of pyridine rings is 1. The second-order valence-electron chi connectivity index (χ2n) is 5.27. The predicted octanol–water partition coefficient (Wildman–Crippen LogP) is 3.40. The average Bonchev–Trinajstić information content (AvgIpc) is 3.01. The van der Waals surface area contributed by atoms with E-state index in [-0.39, 0.29) is 5.91 Å². The number of carbonyl (C=O) groups excluding carboxylic acids is 1. The van der Waals surface area contributed by atoms with Crippen molar-refractivity contribution in [1.82, 2.24) is 14.3 Å². The Balaban J connectivity index is 1.74. The number of amides is 1. The van der Waals surface area contributed by atoms with Gasteiger partial charge in [0.05, 0.1) is 18.4 Å². The molecule has 0 spiro atoms. The standard InChI is InChI=1S/C19H19N3O/c1-2-21(19(23)12-11-16-8-4-3-5-9-16)15-17-14-20-18-10-6-7-13-22(17)18/h3-14H,2,15H2,1H3. The molecule has 0 aliphatic rings. The molecule has 0 radical (unpaired) electrons. The van der Waals surface area contributed by atoms with Crippen molar-refractivity contribution in [3.05, 3.63) is 78.3 Å². The maximum Gasteiger partial charge on any atom is 0.246 e. The van der Waals surface area contributed by atoms with E-state index in [1.54, 1.807) is 11.0 Å². The van der Waals surface area contributed by atoms with E-state index in [4.69, 9.17) is 0 Å². The Labute approximate surface area is 135 Å². The number of likely N-dealkylation sites (N-methyl/N-ethyl adjacent to an activating group) is 1. The van der Waals surface area contributed by atoms with Crippen LogP contribution in [0.25, 0.3) is 11.7 Å². The molecule has 4 heteroatoms. The molecule has 0 saturated carbocycles. The van der Waals surface area contributed by atoms with Crippen molar-refractivity contribution in [2.45, 2.75) is 13.5 Å². The molecule has 116 valence electrons. The van der Waals surface area contributed by atoms with Crippen molar-refractivity contribution < 1.29 is 4.79 Å². The third-order valence-corrected chi connectivity index (χ3v) is 3.76. The normalized spacial score (nSPS) is 11.2. The first-order valence-corrected chi connectivity index (χ1v) is 7.71. The minimum absolute atomic E-state index is 0.00207. The lowest BCUT2D eigenvalue weighted by Gasteiger charge is -2.18. The van der Waals surface area contributed by atoms with Crippen LogP contribution in [0.15, 0.2) is 67.0 Å². The molecular formula is C19H19N3O. The van der Waals surface area contributed by atoms with Crippen LogP contribution in [0, 0.1) is 0 Å². The fraction of sp³-hybridized carbons (Fsp3) is 0.158. The van der Waals surface area contributed by atoms with Gasteiger partial charge in [0.2, 0.25) is 5.91 Å². The van der Waals surface area contributed by atoms with Gasteiger partial charge in [-0.3, -0.25) is 4.79 Å². The zero-order chi connectivity index (χ0) is 16.1. The number of hydrogen-bond acceptors (Lipinski definition) is 2. The SMILES string of the molecule is CCN(Cc1cnc2ccccn12)C(=O)C=Cc1ccccc1. The highest BCUT2D eigenvalue weighted by molar-refractivity contribution is 5.91. The van der Waals surface area contributed by atoms with Crippen LogP contribution >= 0.6 is 0 Å². The maximum atomic E-state index is 12.4. The fourth-order valence-electron chi connectivity index (χ4n) is 2.48. The van der Waals surface area contributed by atoms with E-state index in [0.29, 0.717) is 13.1 Å². The van der Waals surface area contributed by atoms with E-state index in [1.807, 2.05) is 78.3 Å². The van der Waals surface area contributed by atoms with Gasteiger partial charge in [-0.1, -0.05) is 36.4 Å². The van der Waals surface area contributed by atoms with Gasteiger partial charge in [0.15, 0.2) is 0 Å². The van der Waals surface area contributed by atoms with Gasteiger partial charge in [-0.05, 0) is 30.7 Å². The highest BCUT2D eigenvalue weighted by atomic mass is 16.2. The van der Waals surface area contributed by atoms with E-state index in [0.717, 1.165) is 16.9 Å². The second kappa shape index (κ2) is 6.92. The van der Waals surface area contributed by atoms with Gasteiger partial charge in [0.25, 0.3) is 0 Å². The molecule has 0 bridgehead atoms. The van der Waals surface area contributed by atoms with Crippen LogP contribution in [0.4, 0.5) is 0 Å². The van der Waals surface area contributed by atoms with Gasteiger partial charge in [-0.2, -0.15) is 0 Å². The third kappa shape index (κ3) is 3.48. The largest absolute Gasteiger partial charge is 0.334 e. The molecule has 4 nitrogen and oxygen atoms in total. The molecular weight excluding hydrogens is 286 g/mol. The van der Waals surface area contributed by atoms with Crippen molar-refractivity contribution in [2.24, 2.45) is 0 Å². The van der Waals surface area contributed by atoms with Gasteiger partial charge in [0, 0.05) is 18.8 Å². The zero-order valence-electron chi connectivity index (χ0n) is 13.1. The second-order valence-corrected chi connectivity index (χ2v) is 5.27. The molecule has 1 aromatic carbocycles. The lowest BCUT2D eigenvalue weighted by Crippen LogP contribution is -2.29.